The van der Waals surface area contributed by atoms with Crippen LogP contribution in [0.4, 0.5) is 4.79 Å². The van der Waals surface area contributed by atoms with E-state index in [1.807, 2.05) is 30.3 Å². The molecule has 0 spiro atoms. The van der Waals surface area contributed by atoms with Crippen LogP contribution in [0, 0.1) is 5.92 Å². The van der Waals surface area contributed by atoms with Crippen LogP contribution in [0.25, 0.3) is 15.9 Å². The van der Waals surface area contributed by atoms with Gasteiger partial charge >= 0.3 is 6.03 Å². The van der Waals surface area contributed by atoms with Crippen molar-refractivity contribution in [3.8, 4) is 5.69 Å². The van der Waals surface area contributed by atoms with Gasteiger partial charge < -0.3 is 5.73 Å². The lowest BCUT2D eigenvalue weighted by Crippen LogP contribution is -2.39. The molecule has 2 atom stereocenters. The summed E-state index contributed by atoms with van der Waals surface area (Å²) in [6.45, 7) is 3.87. The quantitative estimate of drug-likeness (QED) is 0.476. The van der Waals surface area contributed by atoms with E-state index in [-0.39, 0.29) is 5.56 Å². The van der Waals surface area contributed by atoms with Gasteiger partial charge in [-0.05, 0) is 49.8 Å². The highest BCUT2D eigenvalue weighted by Crippen LogP contribution is 2.37. The monoisotopic (exact) mass is 442 g/mol. The van der Waals surface area contributed by atoms with Crippen LogP contribution in [-0.2, 0) is 17.6 Å². The van der Waals surface area contributed by atoms with Crippen molar-refractivity contribution >= 4 is 45.3 Å². The lowest BCUT2D eigenvalue weighted by atomic mass is 9.89. The number of imide groups is 1. The van der Waals surface area contributed by atoms with E-state index in [0.29, 0.717) is 27.0 Å². The van der Waals surface area contributed by atoms with Crippen LogP contribution < -0.4 is 16.6 Å². The minimum absolute atomic E-state index is 0.122. The van der Waals surface area contributed by atoms with E-state index >= 15 is 0 Å². The molecule has 3 amide bonds. The Bertz CT molecular complexity index is 1190. The van der Waals surface area contributed by atoms with E-state index in [1.165, 1.54) is 4.88 Å². The molecule has 1 aliphatic rings. The highest BCUT2D eigenvalue weighted by atomic mass is 32.2. The van der Waals surface area contributed by atoms with E-state index in [4.69, 9.17) is 10.7 Å². The summed E-state index contributed by atoms with van der Waals surface area (Å²) in [5.74, 6) is 0.0639. The Kier molecular flexibility index (Phi) is 5.66. The zero-order valence-electron chi connectivity index (χ0n) is 16.7. The Balaban J connectivity index is 1.87. The van der Waals surface area contributed by atoms with Crippen LogP contribution in [0.5, 0.6) is 0 Å². The molecule has 0 radical (unpaired) electrons. The number of hydrogen-bond donors (Lipinski definition) is 2. The first-order valence-corrected chi connectivity index (χ1v) is 11.4. The molecule has 156 valence electrons. The highest BCUT2D eigenvalue weighted by Gasteiger charge is 2.26. The fraction of sp³-hybridized carbons (Fsp3) is 0.333. The van der Waals surface area contributed by atoms with E-state index < -0.39 is 17.2 Å². The van der Waals surface area contributed by atoms with Gasteiger partial charge in [0, 0.05) is 4.88 Å². The maximum atomic E-state index is 13.6. The first-order chi connectivity index (χ1) is 14.3. The summed E-state index contributed by atoms with van der Waals surface area (Å²) in [5, 5.41) is 2.52. The van der Waals surface area contributed by atoms with Crippen LogP contribution in [0.2, 0.25) is 0 Å². The van der Waals surface area contributed by atoms with Gasteiger partial charge in [0.15, 0.2) is 5.16 Å². The standard InChI is InChI=1S/C21H22N4O3S2/c1-11-8-9-14-15(10-11)30-18-16(14)19(27)25(13-6-4-3-5-7-13)21(24-18)29-12(2)17(26)23-20(22)28/h3-7,11-12H,8-10H2,1-2H3,(H3,22,23,26,28)/t11-,12-/m1/s1. The zero-order valence-corrected chi connectivity index (χ0v) is 18.3. The van der Waals surface area contributed by atoms with Crippen molar-refractivity contribution in [1.82, 2.24) is 14.9 Å². The number of primary amides is 1. The van der Waals surface area contributed by atoms with Gasteiger partial charge in [-0.2, -0.15) is 0 Å². The Morgan fingerprint density at radius 2 is 2.07 bits per heavy atom. The third-order valence-electron chi connectivity index (χ3n) is 5.21. The number of para-hydroxylation sites is 1. The highest BCUT2D eigenvalue weighted by molar-refractivity contribution is 8.00. The second kappa shape index (κ2) is 8.23. The molecule has 7 nitrogen and oxygen atoms in total. The number of aryl methyl sites for hydroxylation is 1. The molecule has 0 bridgehead atoms. The molecule has 3 N–H and O–H groups in total. The third kappa shape index (κ3) is 3.87. The van der Waals surface area contributed by atoms with Gasteiger partial charge in [-0.15, -0.1) is 11.3 Å². The maximum Gasteiger partial charge on any atom is 0.318 e. The predicted molar refractivity (Wildman–Crippen MR) is 119 cm³/mol. The number of hydrogen-bond acceptors (Lipinski definition) is 6. The minimum Gasteiger partial charge on any atom is -0.351 e. The second-order valence-corrected chi connectivity index (χ2v) is 9.91. The third-order valence-corrected chi connectivity index (χ3v) is 7.41. The smallest absolute Gasteiger partial charge is 0.318 e. The van der Waals surface area contributed by atoms with Crippen molar-refractivity contribution < 1.29 is 9.59 Å². The first-order valence-electron chi connectivity index (χ1n) is 9.74. The van der Waals surface area contributed by atoms with Crippen molar-refractivity contribution in [2.45, 2.75) is 43.5 Å². The molecule has 2 aromatic heterocycles. The number of nitrogens with one attached hydrogen (secondary N) is 1. The zero-order chi connectivity index (χ0) is 21.4. The Morgan fingerprint density at radius 3 is 2.77 bits per heavy atom. The van der Waals surface area contributed by atoms with Gasteiger partial charge in [0.05, 0.1) is 16.3 Å². The number of thioether (sulfide) groups is 1. The topological polar surface area (TPSA) is 107 Å². The molecule has 3 aromatic rings. The number of benzene rings is 1. The summed E-state index contributed by atoms with van der Waals surface area (Å²) in [6.07, 6.45) is 2.90. The molecule has 9 heteroatoms. The molecular weight excluding hydrogens is 420 g/mol. The number of carbonyl (C=O) groups excluding carboxylic acids is 2. The average Bonchev–Trinajstić information content (AvgIpc) is 3.05. The molecule has 2 heterocycles. The van der Waals surface area contributed by atoms with Gasteiger partial charge in [-0.1, -0.05) is 36.9 Å². The fourth-order valence-corrected chi connectivity index (χ4v) is 6.04. The summed E-state index contributed by atoms with van der Waals surface area (Å²) in [5.41, 5.74) is 6.74. The van der Waals surface area contributed by atoms with Crippen molar-refractivity contribution in [3.63, 3.8) is 0 Å². The molecule has 0 unspecified atom stereocenters. The maximum absolute atomic E-state index is 13.6. The van der Waals surface area contributed by atoms with Gasteiger partial charge in [-0.25, -0.2) is 9.78 Å². The number of carbonyl (C=O) groups is 2. The summed E-state index contributed by atoms with van der Waals surface area (Å²) in [6, 6.07) is 8.37. The second-order valence-electron chi connectivity index (χ2n) is 7.52. The van der Waals surface area contributed by atoms with Crippen LogP contribution in [0.1, 0.15) is 30.7 Å². The van der Waals surface area contributed by atoms with Crippen molar-refractivity contribution in [2.24, 2.45) is 11.7 Å². The number of nitrogens with two attached hydrogens (primary N) is 1. The number of fused-ring (bicyclic) bond motifs is 3. The molecule has 1 aromatic carbocycles. The summed E-state index contributed by atoms with van der Waals surface area (Å²) >= 11 is 2.70. The van der Waals surface area contributed by atoms with E-state index in [9.17, 15) is 14.4 Å². The molecule has 0 fully saturated rings. The number of aromatic nitrogens is 2. The van der Waals surface area contributed by atoms with Crippen LogP contribution in [0.3, 0.4) is 0 Å². The molecule has 0 aliphatic heterocycles. The lowest BCUT2D eigenvalue weighted by Gasteiger charge is -2.18. The number of thiophene rings is 1. The number of amides is 3. The van der Waals surface area contributed by atoms with E-state index in [1.54, 1.807) is 22.8 Å². The molecule has 30 heavy (non-hydrogen) atoms. The van der Waals surface area contributed by atoms with Gasteiger partial charge in [0.25, 0.3) is 5.56 Å². The normalized spacial score (nSPS) is 16.8. The summed E-state index contributed by atoms with van der Waals surface area (Å²) < 4.78 is 1.56. The summed E-state index contributed by atoms with van der Waals surface area (Å²) in [4.78, 5) is 43.6. The minimum atomic E-state index is -0.906. The SMILES string of the molecule is C[C@@H]1CCc2c(sc3nc(S[C@H](C)C(=O)NC(N)=O)n(-c4ccccc4)c(=O)c23)C1. The predicted octanol–water partition coefficient (Wildman–Crippen LogP) is 3.25. The Labute approximate surface area is 181 Å². The van der Waals surface area contributed by atoms with Gasteiger partial charge in [0.1, 0.15) is 4.83 Å². The van der Waals surface area contributed by atoms with E-state index in [2.05, 4.69) is 12.2 Å². The van der Waals surface area contributed by atoms with Crippen LogP contribution in [-0.4, -0.2) is 26.7 Å². The first kappa shape index (κ1) is 20.6. The van der Waals surface area contributed by atoms with Gasteiger partial charge in [-0.3, -0.25) is 19.5 Å². The number of rotatable bonds is 4. The number of nitrogens with zero attached hydrogens (tertiary/aromatic N) is 2. The molecular formula is C21H22N4O3S2. The lowest BCUT2D eigenvalue weighted by molar-refractivity contribution is -0.119. The van der Waals surface area contributed by atoms with Crippen molar-refractivity contribution in [3.05, 3.63) is 51.1 Å². The van der Waals surface area contributed by atoms with Crippen LogP contribution >= 0.6 is 23.1 Å². The molecule has 4 rings (SSSR count). The molecule has 1 aliphatic carbocycles. The van der Waals surface area contributed by atoms with Crippen molar-refractivity contribution in [2.75, 3.05) is 0 Å². The van der Waals surface area contributed by atoms with Crippen LogP contribution in [0.15, 0.2) is 40.3 Å². The Hall–Kier alpha value is -2.65. The van der Waals surface area contributed by atoms with Gasteiger partial charge in [0.2, 0.25) is 5.91 Å². The summed E-state index contributed by atoms with van der Waals surface area (Å²) in [7, 11) is 0. The molecule has 0 saturated heterocycles. The molecule has 0 saturated carbocycles. The number of urea groups is 1. The fourth-order valence-electron chi connectivity index (χ4n) is 3.69. The van der Waals surface area contributed by atoms with E-state index in [0.717, 1.165) is 36.6 Å². The van der Waals surface area contributed by atoms with Crippen molar-refractivity contribution in [1.29, 1.82) is 0 Å². The average molecular weight is 443 g/mol. The Morgan fingerprint density at radius 1 is 1.33 bits per heavy atom. The largest absolute Gasteiger partial charge is 0.351 e.